The zero-order valence-corrected chi connectivity index (χ0v) is 12.1. The number of methoxy groups -OCH3 is 1. The first-order valence-electron chi connectivity index (χ1n) is 7.25. The Morgan fingerprint density at radius 1 is 1.20 bits per heavy atom. The molecule has 20 heavy (non-hydrogen) atoms. The van der Waals surface area contributed by atoms with Gasteiger partial charge in [0.15, 0.2) is 0 Å². The number of furan rings is 1. The van der Waals surface area contributed by atoms with E-state index in [1.54, 1.807) is 13.4 Å². The molecule has 0 radical (unpaired) electrons. The second kappa shape index (κ2) is 5.61. The van der Waals surface area contributed by atoms with Gasteiger partial charge in [-0.1, -0.05) is 6.92 Å². The summed E-state index contributed by atoms with van der Waals surface area (Å²) >= 11 is 0. The lowest BCUT2D eigenvalue weighted by molar-refractivity contribution is 0.413. The molecule has 0 spiro atoms. The third-order valence-electron chi connectivity index (χ3n) is 4.12. The van der Waals surface area contributed by atoms with Crippen molar-refractivity contribution in [3.63, 3.8) is 0 Å². The second-order valence-corrected chi connectivity index (χ2v) is 5.53. The highest BCUT2D eigenvalue weighted by atomic mass is 16.5. The standard InChI is InChI=1S/C17H21NO2/c1-13-7-9-18(10-8-13)14-5-6-15(17(12-14)19-2)16-4-3-11-20-16/h3-6,11-13H,7-10H2,1-2H3. The lowest BCUT2D eigenvalue weighted by Crippen LogP contribution is -2.32. The second-order valence-electron chi connectivity index (χ2n) is 5.53. The smallest absolute Gasteiger partial charge is 0.137 e. The van der Waals surface area contributed by atoms with Gasteiger partial charge in [0.1, 0.15) is 11.5 Å². The molecule has 3 heteroatoms. The van der Waals surface area contributed by atoms with Gasteiger partial charge >= 0.3 is 0 Å². The van der Waals surface area contributed by atoms with Gasteiger partial charge in [-0.2, -0.15) is 0 Å². The first-order valence-corrected chi connectivity index (χ1v) is 7.25. The highest BCUT2D eigenvalue weighted by Gasteiger charge is 2.18. The van der Waals surface area contributed by atoms with Crippen molar-refractivity contribution in [3.8, 4) is 17.1 Å². The molecular formula is C17H21NO2. The van der Waals surface area contributed by atoms with Crippen LogP contribution in [-0.2, 0) is 0 Å². The maximum atomic E-state index is 5.54. The monoisotopic (exact) mass is 271 g/mol. The number of piperidine rings is 1. The van der Waals surface area contributed by atoms with Crippen LogP contribution in [0.3, 0.4) is 0 Å². The van der Waals surface area contributed by atoms with Crippen LogP contribution in [0.15, 0.2) is 41.0 Å². The number of hydrogen-bond acceptors (Lipinski definition) is 3. The van der Waals surface area contributed by atoms with Gasteiger partial charge in [-0.15, -0.1) is 0 Å². The van der Waals surface area contributed by atoms with Crippen LogP contribution in [0.4, 0.5) is 5.69 Å². The van der Waals surface area contributed by atoms with Gasteiger partial charge in [-0.05, 0) is 43.0 Å². The van der Waals surface area contributed by atoms with E-state index >= 15 is 0 Å². The van der Waals surface area contributed by atoms with Gasteiger partial charge in [0.05, 0.1) is 18.9 Å². The molecular weight excluding hydrogens is 250 g/mol. The molecule has 0 aliphatic carbocycles. The van der Waals surface area contributed by atoms with Gasteiger partial charge in [0.25, 0.3) is 0 Å². The number of ether oxygens (including phenoxy) is 1. The predicted octanol–water partition coefficient (Wildman–Crippen LogP) is 4.19. The summed E-state index contributed by atoms with van der Waals surface area (Å²) in [5.41, 5.74) is 2.25. The highest BCUT2D eigenvalue weighted by Crippen LogP contribution is 2.34. The average molecular weight is 271 g/mol. The molecule has 0 unspecified atom stereocenters. The summed E-state index contributed by atoms with van der Waals surface area (Å²) < 4.78 is 11.0. The number of anilines is 1. The van der Waals surface area contributed by atoms with Crippen molar-refractivity contribution in [3.05, 3.63) is 36.6 Å². The average Bonchev–Trinajstić information content (AvgIpc) is 3.01. The summed E-state index contributed by atoms with van der Waals surface area (Å²) in [6.07, 6.45) is 4.22. The van der Waals surface area contributed by atoms with E-state index in [2.05, 4.69) is 30.0 Å². The Bertz CT molecular complexity index is 554. The molecule has 1 saturated heterocycles. The van der Waals surface area contributed by atoms with Gasteiger partial charge < -0.3 is 14.1 Å². The third-order valence-corrected chi connectivity index (χ3v) is 4.12. The first-order chi connectivity index (χ1) is 9.78. The van der Waals surface area contributed by atoms with Crippen molar-refractivity contribution >= 4 is 5.69 Å². The molecule has 0 amide bonds. The zero-order valence-electron chi connectivity index (χ0n) is 12.1. The van der Waals surface area contributed by atoms with Crippen LogP contribution >= 0.6 is 0 Å². The lowest BCUT2D eigenvalue weighted by atomic mass is 9.98. The summed E-state index contributed by atoms with van der Waals surface area (Å²) in [5.74, 6) is 2.56. The molecule has 1 fully saturated rings. The van der Waals surface area contributed by atoms with E-state index in [0.29, 0.717) is 0 Å². The number of nitrogens with zero attached hydrogens (tertiary/aromatic N) is 1. The van der Waals surface area contributed by atoms with Crippen molar-refractivity contribution in [1.82, 2.24) is 0 Å². The van der Waals surface area contributed by atoms with E-state index in [1.165, 1.54) is 18.5 Å². The molecule has 1 aromatic carbocycles. The zero-order chi connectivity index (χ0) is 13.9. The Hall–Kier alpha value is -1.90. The van der Waals surface area contributed by atoms with Crippen molar-refractivity contribution in [2.45, 2.75) is 19.8 Å². The van der Waals surface area contributed by atoms with Crippen molar-refractivity contribution < 1.29 is 9.15 Å². The Labute approximate surface area is 120 Å². The minimum atomic E-state index is 0.843. The van der Waals surface area contributed by atoms with Crippen molar-refractivity contribution in [2.24, 2.45) is 5.92 Å². The molecule has 0 N–H and O–H groups in total. The minimum absolute atomic E-state index is 0.843. The maximum Gasteiger partial charge on any atom is 0.137 e. The molecule has 3 rings (SSSR count). The summed E-state index contributed by atoms with van der Waals surface area (Å²) in [7, 11) is 1.71. The maximum absolute atomic E-state index is 5.54. The van der Waals surface area contributed by atoms with Gasteiger partial charge in [-0.25, -0.2) is 0 Å². The van der Waals surface area contributed by atoms with Crippen molar-refractivity contribution in [2.75, 3.05) is 25.1 Å². The van der Waals surface area contributed by atoms with Crippen LogP contribution in [-0.4, -0.2) is 20.2 Å². The lowest BCUT2D eigenvalue weighted by Gasteiger charge is -2.32. The molecule has 0 atom stereocenters. The highest BCUT2D eigenvalue weighted by molar-refractivity contribution is 5.70. The van der Waals surface area contributed by atoms with Gasteiger partial charge in [0, 0.05) is 24.8 Å². The number of rotatable bonds is 3. The van der Waals surface area contributed by atoms with Crippen LogP contribution in [0.1, 0.15) is 19.8 Å². The fraction of sp³-hybridized carbons (Fsp3) is 0.412. The fourth-order valence-electron chi connectivity index (χ4n) is 2.78. The van der Waals surface area contributed by atoms with E-state index in [4.69, 9.17) is 9.15 Å². The van der Waals surface area contributed by atoms with Crippen LogP contribution in [0.2, 0.25) is 0 Å². The van der Waals surface area contributed by atoms with E-state index in [-0.39, 0.29) is 0 Å². The summed E-state index contributed by atoms with van der Waals surface area (Å²) in [5, 5.41) is 0. The predicted molar refractivity (Wildman–Crippen MR) is 81.3 cm³/mol. The van der Waals surface area contributed by atoms with E-state index in [1.807, 2.05) is 12.1 Å². The molecule has 1 aliphatic rings. The first kappa shape index (κ1) is 13.1. The van der Waals surface area contributed by atoms with Crippen LogP contribution in [0.25, 0.3) is 11.3 Å². The summed E-state index contributed by atoms with van der Waals surface area (Å²) in [4.78, 5) is 2.44. The van der Waals surface area contributed by atoms with Gasteiger partial charge in [-0.3, -0.25) is 0 Å². The Balaban J connectivity index is 1.87. The van der Waals surface area contributed by atoms with Crippen LogP contribution < -0.4 is 9.64 Å². The Morgan fingerprint density at radius 3 is 2.65 bits per heavy atom. The molecule has 1 aliphatic heterocycles. The Kier molecular flexibility index (Phi) is 3.68. The molecule has 2 heterocycles. The van der Waals surface area contributed by atoms with Crippen LogP contribution in [0, 0.1) is 5.92 Å². The molecule has 0 saturated carbocycles. The largest absolute Gasteiger partial charge is 0.496 e. The normalized spacial score (nSPS) is 16.4. The Morgan fingerprint density at radius 2 is 2.00 bits per heavy atom. The SMILES string of the molecule is COc1cc(N2CCC(C)CC2)ccc1-c1ccco1. The van der Waals surface area contributed by atoms with Crippen LogP contribution in [0.5, 0.6) is 5.75 Å². The molecule has 1 aromatic heterocycles. The molecule has 2 aromatic rings. The summed E-state index contributed by atoms with van der Waals surface area (Å²) in [6, 6.07) is 10.2. The number of hydrogen-bond donors (Lipinski definition) is 0. The molecule has 106 valence electrons. The van der Waals surface area contributed by atoms with E-state index in [0.717, 1.165) is 36.1 Å². The van der Waals surface area contributed by atoms with Gasteiger partial charge in [0.2, 0.25) is 0 Å². The quantitative estimate of drug-likeness (QED) is 0.837. The van der Waals surface area contributed by atoms with E-state index in [9.17, 15) is 0 Å². The summed E-state index contributed by atoms with van der Waals surface area (Å²) in [6.45, 7) is 4.59. The van der Waals surface area contributed by atoms with Crippen molar-refractivity contribution in [1.29, 1.82) is 0 Å². The fourth-order valence-corrected chi connectivity index (χ4v) is 2.78. The third kappa shape index (κ3) is 2.53. The minimum Gasteiger partial charge on any atom is -0.496 e. The molecule has 3 nitrogen and oxygen atoms in total. The van der Waals surface area contributed by atoms with E-state index < -0.39 is 0 Å². The molecule has 0 bridgehead atoms. The number of benzene rings is 1. The topological polar surface area (TPSA) is 25.6 Å².